The van der Waals surface area contributed by atoms with Crippen LogP contribution in [0.2, 0.25) is 0 Å². The van der Waals surface area contributed by atoms with Crippen molar-refractivity contribution in [2.75, 3.05) is 59.5 Å². The predicted octanol–water partition coefficient (Wildman–Crippen LogP) is 2.74. The summed E-state index contributed by atoms with van der Waals surface area (Å²) >= 11 is 0. The number of piperazine rings is 1. The number of benzene rings is 1. The van der Waals surface area contributed by atoms with Crippen LogP contribution in [0.5, 0.6) is 0 Å². The Balaban J connectivity index is 1.58. The minimum Gasteiger partial charge on any atom is -0.381 e. The highest BCUT2D eigenvalue weighted by Crippen LogP contribution is 2.25. The van der Waals surface area contributed by atoms with Gasteiger partial charge in [0.05, 0.1) is 0 Å². The van der Waals surface area contributed by atoms with E-state index in [0.717, 1.165) is 70.7 Å². The Morgan fingerprint density at radius 3 is 2.33 bits per heavy atom. The van der Waals surface area contributed by atoms with Gasteiger partial charge in [0, 0.05) is 71.1 Å². The molecule has 0 spiro atoms. The fourth-order valence-electron chi connectivity index (χ4n) is 4.66. The van der Waals surface area contributed by atoms with Crippen LogP contribution in [0.4, 0.5) is 0 Å². The van der Waals surface area contributed by atoms with Crippen molar-refractivity contribution in [3.63, 3.8) is 0 Å². The highest BCUT2D eigenvalue weighted by molar-refractivity contribution is 5.80. The van der Waals surface area contributed by atoms with Crippen molar-refractivity contribution < 1.29 is 4.74 Å². The summed E-state index contributed by atoms with van der Waals surface area (Å²) in [5.74, 6) is 1.75. The smallest absolute Gasteiger partial charge is 0.193 e. The third-order valence-corrected chi connectivity index (χ3v) is 6.36. The molecule has 1 atom stereocenters. The number of aliphatic imine (C=N–C) groups is 1. The quantitative estimate of drug-likeness (QED) is 0.530. The maximum atomic E-state index is 5.69. The molecule has 2 heterocycles. The largest absolute Gasteiger partial charge is 0.381 e. The molecule has 0 aromatic heterocycles. The second kappa shape index (κ2) is 11.1. The lowest BCUT2D eigenvalue weighted by Gasteiger charge is -2.42. The summed E-state index contributed by atoms with van der Waals surface area (Å²) in [5, 5.41) is 7.64. The molecular formula is C24H41N5O. The Bertz CT molecular complexity index is 649. The molecule has 2 aliphatic rings. The van der Waals surface area contributed by atoms with Gasteiger partial charge in [0.15, 0.2) is 5.96 Å². The van der Waals surface area contributed by atoms with E-state index in [4.69, 9.17) is 4.74 Å². The Labute approximate surface area is 183 Å². The lowest BCUT2D eigenvalue weighted by atomic mass is 9.88. The summed E-state index contributed by atoms with van der Waals surface area (Å²) < 4.78 is 5.69. The van der Waals surface area contributed by atoms with Crippen molar-refractivity contribution in [1.82, 2.24) is 20.4 Å². The van der Waals surface area contributed by atoms with Gasteiger partial charge in [0.25, 0.3) is 0 Å². The molecule has 6 heteroatoms. The van der Waals surface area contributed by atoms with Gasteiger partial charge in [-0.2, -0.15) is 0 Å². The summed E-state index contributed by atoms with van der Waals surface area (Å²) in [6.45, 7) is 14.8. The van der Waals surface area contributed by atoms with Crippen molar-refractivity contribution in [3.8, 4) is 0 Å². The standard InChI is InChI=1S/C24H41N5O/c1-20(2)18-28-12-14-29(15-13-28)23(25-4)26-19-24(10-16-30-17-11-24)27-21(3)22-8-6-5-7-9-22/h5-9,20-21,27H,10-19H2,1-4H3,(H,25,26). The minimum absolute atomic E-state index is 0.0168. The lowest BCUT2D eigenvalue weighted by molar-refractivity contribution is 0.0351. The van der Waals surface area contributed by atoms with E-state index < -0.39 is 0 Å². The fourth-order valence-corrected chi connectivity index (χ4v) is 4.66. The number of nitrogens with zero attached hydrogens (tertiary/aromatic N) is 3. The molecule has 2 N–H and O–H groups in total. The Hall–Kier alpha value is -1.63. The molecule has 0 radical (unpaired) electrons. The molecule has 3 rings (SSSR count). The summed E-state index contributed by atoms with van der Waals surface area (Å²) in [6, 6.07) is 11.0. The van der Waals surface area contributed by atoms with Gasteiger partial charge < -0.3 is 20.3 Å². The zero-order valence-corrected chi connectivity index (χ0v) is 19.4. The highest BCUT2D eigenvalue weighted by atomic mass is 16.5. The van der Waals surface area contributed by atoms with Crippen LogP contribution in [-0.4, -0.2) is 80.8 Å². The Morgan fingerprint density at radius 2 is 1.73 bits per heavy atom. The van der Waals surface area contributed by atoms with Crippen LogP contribution in [0.25, 0.3) is 0 Å². The molecule has 1 unspecified atom stereocenters. The molecule has 1 aromatic carbocycles. The van der Waals surface area contributed by atoms with Gasteiger partial charge in [-0.1, -0.05) is 44.2 Å². The van der Waals surface area contributed by atoms with Crippen molar-refractivity contribution in [2.45, 2.75) is 45.2 Å². The van der Waals surface area contributed by atoms with Gasteiger partial charge in [0.2, 0.25) is 0 Å². The van der Waals surface area contributed by atoms with Crippen molar-refractivity contribution in [3.05, 3.63) is 35.9 Å². The van der Waals surface area contributed by atoms with Gasteiger partial charge in [-0.25, -0.2) is 0 Å². The normalized spacial score (nSPS) is 21.6. The first-order chi connectivity index (χ1) is 14.5. The average molecular weight is 416 g/mol. The Morgan fingerprint density at radius 1 is 1.07 bits per heavy atom. The van der Waals surface area contributed by atoms with Gasteiger partial charge in [0.1, 0.15) is 0 Å². The first-order valence-corrected chi connectivity index (χ1v) is 11.6. The monoisotopic (exact) mass is 415 g/mol. The average Bonchev–Trinajstić information content (AvgIpc) is 2.76. The van der Waals surface area contributed by atoms with E-state index in [2.05, 4.69) is 76.5 Å². The zero-order chi connectivity index (χ0) is 21.4. The third-order valence-electron chi connectivity index (χ3n) is 6.36. The van der Waals surface area contributed by atoms with Crippen molar-refractivity contribution in [2.24, 2.45) is 10.9 Å². The number of nitrogens with one attached hydrogen (secondary N) is 2. The Kier molecular flexibility index (Phi) is 8.54. The summed E-state index contributed by atoms with van der Waals surface area (Å²) in [7, 11) is 1.90. The third kappa shape index (κ3) is 6.43. The topological polar surface area (TPSA) is 52.1 Å². The van der Waals surface area contributed by atoms with Gasteiger partial charge in [-0.15, -0.1) is 0 Å². The minimum atomic E-state index is 0.0168. The van der Waals surface area contributed by atoms with Crippen molar-refractivity contribution >= 4 is 5.96 Å². The van der Waals surface area contributed by atoms with Crippen molar-refractivity contribution in [1.29, 1.82) is 0 Å². The van der Waals surface area contributed by atoms with Crippen LogP contribution >= 0.6 is 0 Å². The van der Waals surface area contributed by atoms with Crippen LogP contribution in [-0.2, 0) is 4.74 Å². The summed E-state index contributed by atoms with van der Waals surface area (Å²) in [4.78, 5) is 9.58. The SMILES string of the molecule is CN=C(NCC1(NC(C)c2ccccc2)CCOCC1)N1CCN(CC(C)C)CC1. The fraction of sp³-hybridized carbons (Fsp3) is 0.708. The lowest BCUT2D eigenvalue weighted by Crippen LogP contribution is -2.60. The predicted molar refractivity (Wildman–Crippen MR) is 125 cm³/mol. The molecule has 0 bridgehead atoms. The number of rotatable bonds is 7. The van der Waals surface area contributed by atoms with Crippen LogP contribution in [0, 0.1) is 5.92 Å². The van der Waals surface area contributed by atoms with E-state index >= 15 is 0 Å². The number of guanidine groups is 1. The molecular weight excluding hydrogens is 374 g/mol. The first-order valence-electron chi connectivity index (χ1n) is 11.6. The summed E-state index contributed by atoms with van der Waals surface area (Å²) in [6.07, 6.45) is 2.02. The van der Waals surface area contributed by atoms with E-state index in [1.165, 1.54) is 12.1 Å². The number of hydrogen-bond acceptors (Lipinski definition) is 4. The van der Waals surface area contributed by atoms with Crippen LogP contribution in [0.3, 0.4) is 0 Å². The van der Waals surface area contributed by atoms with Crippen LogP contribution in [0.15, 0.2) is 35.3 Å². The van der Waals surface area contributed by atoms with E-state index in [-0.39, 0.29) is 5.54 Å². The van der Waals surface area contributed by atoms with Crippen LogP contribution < -0.4 is 10.6 Å². The van der Waals surface area contributed by atoms with E-state index in [0.29, 0.717) is 6.04 Å². The molecule has 0 saturated carbocycles. The van der Waals surface area contributed by atoms with Crippen LogP contribution in [0.1, 0.15) is 45.2 Å². The molecule has 30 heavy (non-hydrogen) atoms. The number of hydrogen-bond donors (Lipinski definition) is 2. The van der Waals surface area contributed by atoms with Gasteiger partial charge >= 0.3 is 0 Å². The maximum Gasteiger partial charge on any atom is 0.193 e. The van der Waals surface area contributed by atoms with Gasteiger partial charge in [-0.05, 0) is 31.2 Å². The second-order valence-corrected chi connectivity index (χ2v) is 9.25. The van der Waals surface area contributed by atoms with E-state index in [9.17, 15) is 0 Å². The number of ether oxygens (including phenoxy) is 1. The zero-order valence-electron chi connectivity index (χ0n) is 19.4. The molecule has 2 fully saturated rings. The molecule has 1 aromatic rings. The summed E-state index contributed by atoms with van der Waals surface area (Å²) in [5.41, 5.74) is 1.34. The molecule has 6 nitrogen and oxygen atoms in total. The molecule has 2 saturated heterocycles. The van der Waals surface area contributed by atoms with E-state index in [1.807, 2.05) is 7.05 Å². The molecule has 168 valence electrons. The molecule has 2 aliphatic heterocycles. The van der Waals surface area contributed by atoms with E-state index in [1.54, 1.807) is 0 Å². The maximum absolute atomic E-state index is 5.69. The second-order valence-electron chi connectivity index (χ2n) is 9.25. The first kappa shape index (κ1) is 23.0. The highest BCUT2D eigenvalue weighted by Gasteiger charge is 2.34. The molecule has 0 amide bonds. The van der Waals surface area contributed by atoms with Gasteiger partial charge in [-0.3, -0.25) is 9.89 Å². The molecule has 0 aliphatic carbocycles.